The topological polar surface area (TPSA) is 18.5 Å². The number of rotatable bonds is 6. The Kier molecular flexibility index (Phi) is 5.12. The normalized spacial score (nSPS) is 10.3. The van der Waals surface area contributed by atoms with Crippen LogP contribution in [0.4, 0.5) is 4.39 Å². The molecule has 3 heteroatoms. The number of ether oxygens (including phenoxy) is 2. The smallest absolute Gasteiger partial charge is 0.123 e. The van der Waals surface area contributed by atoms with Crippen molar-refractivity contribution in [1.29, 1.82) is 0 Å². The van der Waals surface area contributed by atoms with Gasteiger partial charge in [0.1, 0.15) is 11.6 Å². The molecule has 0 saturated carbocycles. The number of benzene rings is 1. The van der Waals surface area contributed by atoms with Gasteiger partial charge >= 0.3 is 0 Å². The molecule has 0 bridgehead atoms. The van der Waals surface area contributed by atoms with E-state index in [2.05, 4.69) is 0 Å². The Balaban J connectivity index is 2.52. The molecule has 0 unspecified atom stereocenters. The van der Waals surface area contributed by atoms with Crippen LogP contribution in [0.2, 0.25) is 0 Å². The number of aryl methyl sites for hydroxylation is 1. The number of halogens is 1. The van der Waals surface area contributed by atoms with Gasteiger partial charge in [-0.05, 0) is 30.2 Å². The van der Waals surface area contributed by atoms with Crippen LogP contribution in [0, 0.1) is 5.82 Å². The molecule has 0 saturated heterocycles. The molecule has 1 rings (SSSR count). The SMILES string of the molecule is CCc1cc(F)ccc1OCCCOC. The van der Waals surface area contributed by atoms with E-state index in [1.165, 1.54) is 12.1 Å². The lowest BCUT2D eigenvalue weighted by molar-refractivity contribution is 0.172. The molecule has 0 spiro atoms. The minimum absolute atomic E-state index is 0.212. The van der Waals surface area contributed by atoms with Crippen molar-refractivity contribution in [2.24, 2.45) is 0 Å². The van der Waals surface area contributed by atoms with Crippen LogP contribution < -0.4 is 4.74 Å². The van der Waals surface area contributed by atoms with Gasteiger partial charge in [0.15, 0.2) is 0 Å². The van der Waals surface area contributed by atoms with Gasteiger partial charge in [-0.15, -0.1) is 0 Å². The monoisotopic (exact) mass is 212 g/mol. The van der Waals surface area contributed by atoms with E-state index in [4.69, 9.17) is 9.47 Å². The van der Waals surface area contributed by atoms with E-state index in [9.17, 15) is 4.39 Å². The van der Waals surface area contributed by atoms with Crippen molar-refractivity contribution in [2.45, 2.75) is 19.8 Å². The summed E-state index contributed by atoms with van der Waals surface area (Å²) in [6.45, 7) is 3.27. The number of hydrogen-bond donors (Lipinski definition) is 0. The second-order valence-corrected chi connectivity index (χ2v) is 3.30. The van der Waals surface area contributed by atoms with Crippen LogP contribution in [0.25, 0.3) is 0 Å². The Morgan fingerprint density at radius 1 is 1.27 bits per heavy atom. The number of hydrogen-bond acceptors (Lipinski definition) is 2. The molecule has 0 heterocycles. The summed E-state index contributed by atoms with van der Waals surface area (Å²) in [6, 6.07) is 4.62. The van der Waals surface area contributed by atoms with Crippen molar-refractivity contribution < 1.29 is 13.9 Å². The summed E-state index contributed by atoms with van der Waals surface area (Å²) in [5, 5.41) is 0. The van der Waals surface area contributed by atoms with E-state index >= 15 is 0 Å². The maximum atomic E-state index is 12.9. The van der Waals surface area contributed by atoms with Crippen LogP contribution >= 0.6 is 0 Å². The molecule has 1 aromatic rings. The van der Waals surface area contributed by atoms with Gasteiger partial charge in [-0.1, -0.05) is 6.92 Å². The van der Waals surface area contributed by atoms with Crippen molar-refractivity contribution in [3.8, 4) is 5.75 Å². The zero-order valence-corrected chi connectivity index (χ0v) is 9.25. The van der Waals surface area contributed by atoms with Crippen LogP contribution in [-0.2, 0) is 11.2 Å². The fraction of sp³-hybridized carbons (Fsp3) is 0.500. The second kappa shape index (κ2) is 6.40. The summed E-state index contributed by atoms with van der Waals surface area (Å²) in [6.07, 6.45) is 1.62. The minimum Gasteiger partial charge on any atom is -0.493 e. The summed E-state index contributed by atoms with van der Waals surface area (Å²) in [5.74, 6) is 0.561. The minimum atomic E-state index is -0.212. The predicted octanol–water partition coefficient (Wildman–Crippen LogP) is 2.80. The third-order valence-electron chi connectivity index (χ3n) is 2.15. The van der Waals surface area contributed by atoms with E-state index < -0.39 is 0 Å². The molecule has 0 N–H and O–H groups in total. The Morgan fingerprint density at radius 3 is 2.73 bits per heavy atom. The van der Waals surface area contributed by atoms with Crippen LogP contribution in [0.3, 0.4) is 0 Å². The van der Waals surface area contributed by atoms with Gasteiger partial charge in [-0.2, -0.15) is 0 Å². The Hall–Kier alpha value is -1.09. The van der Waals surface area contributed by atoms with Crippen LogP contribution in [-0.4, -0.2) is 20.3 Å². The zero-order chi connectivity index (χ0) is 11.1. The lowest BCUT2D eigenvalue weighted by Crippen LogP contribution is -2.03. The van der Waals surface area contributed by atoms with Gasteiger partial charge in [-0.3, -0.25) is 0 Å². The first-order chi connectivity index (χ1) is 7.27. The van der Waals surface area contributed by atoms with E-state index in [-0.39, 0.29) is 5.82 Å². The highest BCUT2D eigenvalue weighted by atomic mass is 19.1. The zero-order valence-electron chi connectivity index (χ0n) is 9.25. The van der Waals surface area contributed by atoms with Gasteiger partial charge in [0.05, 0.1) is 6.61 Å². The Morgan fingerprint density at radius 2 is 2.07 bits per heavy atom. The lowest BCUT2D eigenvalue weighted by Gasteiger charge is -2.10. The maximum Gasteiger partial charge on any atom is 0.123 e. The van der Waals surface area contributed by atoms with Crippen molar-refractivity contribution in [3.05, 3.63) is 29.6 Å². The van der Waals surface area contributed by atoms with Crippen molar-refractivity contribution in [1.82, 2.24) is 0 Å². The molecule has 0 amide bonds. The quantitative estimate of drug-likeness (QED) is 0.675. The average molecular weight is 212 g/mol. The van der Waals surface area contributed by atoms with Crippen molar-refractivity contribution in [2.75, 3.05) is 20.3 Å². The molecule has 1 aromatic carbocycles. The summed E-state index contributed by atoms with van der Waals surface area (Å²) >= 11 is 0. The lowest BCUT2D eigenvalue weighted by atomic mass is 10.1. The first kappa shape index (κ1) is 12.0. The fourth-order valence-electron chi connectivity index (χ4n) is 1.35. The second-order valence-electron chi connectivity index (χ2n) is 3.30. The highest BCUT2D eigenvalue weighted by molar-refractivity contribution is 5.33. The van der Waals surface area contributed by atoms with Gasteiger partial charge in [0, 0.05) is 20.1 Å². The molecule has 0 aliphatic rings. The van der Waals surface area contributed by atoms with E-state index in [1.807, 2.05) is 6.92 Å². The third kappa shape index (κ3) is 3.88. The first-order valence-electron chi connectivity index (χ1n) is 5.18. The first-order valence-corrected chi connectivity index (χ1v) is 5.18. The highest BCUT2D eigenvalue weighted by Gasteiger charge is 2.03. The summed E-state index contributed by atoms with van der Waals surface area (Å²) in [5.41, 5.74) is 0.910. The highest BCUT2D eigenvalue weighted by Crippen LogP contribution is 2.20. The maximum absolute atomic E-state index is 12.9. The molecule has 2 nitrogen and oxygen atoms in total. The molecule has 15 heavy (non-hydrogen) atoms. The predicted molar refractivity (Wildman–Crippen MR) is 57.8 cm³/mol. The molecular formula is C12H17FO2. The molecule has 0 radical (unpaired) electrons. The third-order valence-corrected chi connectivity index (χ3v) is 2.15. The van der Waals surface area contributed by atoms with Crippen LogP contribution in [0.5, 0.6) is 5.75 Å². The van der Waals surface area contributed by atoms with E-state index in [1.54, 1.807) is 13.2 Å². The van der Waals surface area contributed by atoms with E-state index in [0.717, 1.165) is 24.2 Å². The van der Waals surface area contributed by atoms with Crippen LogP contribution in [0.1, 0.15) is 18.9 Å². The number of methoxy groups -OCH3 is 1. The van der Waals surface area contributed by atoms with Gasteiger partial charge in [0.2, 0.25) is 0 Å². The molecule has 0 aliphatic carbocycles. The van der Waals surface area contributed by atoms with Gasteiger partial charge in [0.25, 0.3) is 0 Å². The molecular weight excluding hydrogens is 195 g/mol. The van der Waals surface area contributed by atoms with Crippen molar-refractivity contribution >= 4 is 0 Å². The Labute approximate surface area is 90.0 Å². The Bertz CT molecular complexity index is 300. The summed E-state index contributed by atoms with van der Waals surface area (Å²) in [7, 11) is 1.66. The van der Waals surface area contributed by atoms with Crippen molar-refractivity contribution in [3.63, 3.8) is 0 Å². The summed E-state index contributed by atoms with van der Waals surface area (Å²) < 4.78 is 23.4. The van der Waals surface area contributed by atoms with Gasteiger partial charge < -0.3 is 9.47 Å². The van der Waals surface area contributed by atoms with Gasteiger partial charge in [-0.25, -0.2) is 4.39 Å². The largest absolute Gasteiger partial charge is 0.493 e. The standard InChI is InChI=1S/C12H17FO2/c1-3-10-9-11(13)5-6-12(10)15-8-4-7-14-2/h5-6,9H,3-4,7-8H2,1-2H3. The van der Waals surface area contributed by atoms with Crippen LogP contribution in [0.15, 0.2) is 18.2 Å². The molecule has 0 atom stereocenters. The molecule has 0 aromatic heterocycles. The summed E-state index contributed by atoms with van der Waals surface area (Å²) in [4.78, 5) is 0. The molecule has 0 fully saturated rings. The van der Waals surface area contributed by atoms with E-state index in [0.29, 0.717) is 13.2 Å². The molecule has 84 valence electrons. The average Bonchev–Trinajstić information content (AvgIpc) is 2.26. The molecule has 0 aliphatic heterocycles. The fourth-order valence-corrected chi connectivity index (χ4v) is 1.35.